The largest absolute Gasteiger partial charge is 0.362 e. The number of para-hydroxylation sites is 2. The van der Waals surface area contributed by atoms with E-state index in [1.54, 1.807) is 0 Å². The molecule has 3 aromatic carbocycles. The maximum atomic E-state index is 6.44. The maximum Gasteiger partial charge on any atom is 0.170 e. The zero-order valence-corrected chi connectivity index (χ0v) is 21.6. The van der Waals surface area contributed by atoms with Gasteiger partial charge in [0.2, 0.25) is 0 Å². The number of halogens is 1. The van der Waals surface area contributed by atoms with E-state index < -0.39 is 0 Å². The molecule has 0 saturated carbocycles. The standard InChI is InChI=1S/C28H28ClN5S/c1-28(2,17-31-27(35)32-19-9-5-4-6-10-19)16-30-25-21-15-18(29)13-14-23(21)34(3)26-24(25)20-11-7-8-12-22(20)33-26/h4-15,33H,16-17H2,1-3H3,(H2,31,32,35). The summed E-state index contributed by atoms with van der Waals surface area (Å²) >= 11 is 11.9. The van der Waals surface area contributed by atoms with Gasteiger partial charge in [-0.1, -0.05) is 61.8 Å². The number of hydrogen-bond acceptors (Lipinski definition) is 2. The number of fused-ring (bicyclic) bond motifs is 4. The minimum atomic E-state index is -0.135. The lowest BCUT2D eigenvalue weighted by atomic mass is 9.93. The van der Waals surface area contributed by atoms with E-state index in [1.165, 1.54) is 0 Å². The highest BCUT2D eigenvalue weighted by molar-refractivity contribution is 7.80. The van der Waals surface area contributed by atoms with Crippen molar-refractivity contribution in [2.75, 3.05) is 18.4 Å². The van der Waals surface area contributed by atoms with Gasteiger partial charge >= 0.3 is 0 Å². The molecule has 7 heteroatoms. The van der Waals surface area contributed by atoms with E-state index in [0.717, 1.165) is 43.9 Å². The fourth-order valence-corrected chi connectivity index (χ4v) is 4.76. The van der Waals surface area contributed by atoms with Crippen molar-refractivity contribution in [3.8, 4) is 0 Å². The van der Waals surface area contributed by atoms with Crippen LogP contribution in [0.4, 0.5) is 5.69 Å². The van der Waals surface area contributed by atoms with Gasteiger partial charge in [-0.05, 0) is 48.6 Å². The van der Waals surface area contributed by atoms with Crippen molar-refractivity contribution in [1.29, 1.82) is 0 Å². The molecule has 0 amide bonds. The highest BCUT2D eigenvalue weighted by Gasteiger charge is 2.19. The Morgan fingerprint density at radius 3 is 2.57 bits per heavy atom. The van der Waals surface area contributed by atoms with Crippen LogP contribution in [0.5, 0.6) is 0 Å². The van der Waals surface area contributed by atoms with Crippen molar-refractivity contribution < 1.29 is 0 Å². The van der Waals surface area contributed by atoms with Gasteiger partial charge in [-0.15, -0.1) is 0 Å². The Balaban J connectivity index is 1.52. The fraction of sp³-hybridized carbons (Fsp3) is 0.214. The Morgan fingerprint density at radius 2 is 1.77 bits per heavy atom. The van der Waals surface area contributed by atoms with Gasteiger partial charge in [0.25, 0.3) is 0 Å². The molecule has 5 rings (SSSR count). The summed E-state index contributed by atoms with van der Waals surface area (Å²) in [4.78, 5) is 8.79. The highest BCUT2D eigenvalue weighted by Crippen LogP contribution is 2.27. The number of rotatable bonds is 5. The van der Waals surface area contributed by atoms with Crippen LogP contribution in [-0.4, -0.2) is 27.8 Å². The summed E-state index contributed by atoms with van der Waals surface area (Å²) in [5.41, 5.74) is 4.05. The van der Waals surface area contributed by atoms with Gasteiger partial charge in [0.1, 0.15) is 5.65 Å². The predicted molar refractivity (Wildman–Crippen MR) is 152 cm³/mol. The Bertz CT molecular complexity index is 1620. The fourth-order valence-electron chi connectivity index (χ4n) is 4.39. The number of thiocarbonyl (C=S) groups is 1. The van der Waals surface area contributed by atoms with Crippen LogP contribution in [0.25, 0.3) is 32.8 Å². The van der Waals surface area contributed by atoms with Gasteiger partial charge in [0.05, 0.1) is 16.3 Å². The summed E-state index contributed by atoms with van der Waals surface area (Å²) < 4.78 is 2.18. The zero-order valence-electron chi connectivity index (χ0n) is 20.0. The maximum absolute atomic E-state index is 6.44. The van der Waals surface area contributed by atoms with Crippen LogP contribution in [0, 0.1) is 5.41 Å². The van der Waals surface area contributed by atoms with Crippen LogP contribution >= 0.6 is 23.8 Å². The van der Waals surface area contributed by atoms with E-state index >= 15 is 0 Å². The molecule has 5 nitrogen and oxygen atoms in total. The van der Waals surface area contributed by atoms with Crippen molar-refractivity contribution in [2.24, 2.45) is 17.5 Å². The Morgan fingerprint density at radius 1 is 1.03 bits per heavy atom. The van der Waals surface area contributed by atoms with Crippen LogP contribution in [0.3, 0.4) is 0 Å². The van der Waals surface area contributed by atoms with Crippen LogP contribution in [0.2, 0.25) is 5.02 Å². The number of benzene rings is 3. The minimum absolute atomic E-state index is 0.135. The number of anilines is 1. The van der Waals surface area contributed by atoms with E-state index in [0.29, 0.717) is 23.2 Å². The summed E-state index contributed by atoms with van der Waals surface area (Å²) in [6.07, 6.45) is 0. The molecule has 0 aliphatic heterocycles. The number of aromatic amines is 1. The number of nitrogens with one attached hydrogen (secondary N) is 3. The molecule has 35 heavy (non-hydrogen) atoms. The van der Waals surface area contributed by atoms with E-state index in [2.05, 4.69) is 65.3 Å². The monoisotopic (exact) mass is 501 g/mol. The average Bonchev–Trinajstić information content (AvgIpc) is 3.23. The van der Waals surface area contributed by atoms with Gasteiger partial charge in [-0.2, -0.15) is 0 Å². The second kappa shape index (κ2) is 9.36. The third-order valence-corrected chi connectivity index (χ3v) is 6.74. The summed E-state index contributed by atoms with van der Waals surface area (Å²) in [5.74, 6) is 0. The molecule has 3 N–H and O–H groups in total. The number of H-pyrrole nitrogens is 1. The van der Waals surface area contributed by atoms with Gasteiger partial charge in [0.15, 0.2) is 5.11 Å². The predicted octanol–water partition coefficient (Wildman–Crippen LogP) is 6.38. The number of aryl methyl sites for hydroxylation is 1. The molecule has 2 heterocycles. The third-order valence-electron chi connectivity index (χ3n) is 6.26. The van der Waals surface area contributed by atoms with Gasteiger partial charge in [0, 0.05) is 52.6 Å². The first-order valence-electron chi connectivity index (χ1n) is 11.6. The second-order valence-electron chi connectivity index (χ2n) is 9.62. The SMILES string of the molecule is Cn1c2ccc(Cl)cc2c(=NCC(C)(C)CNC(=S)Nc2ccccc2)c2c3ccccc3[nH]c21. The Hall–Kier alpha value is -3.35. The van der Waals surface area contributed by atoms with E-state index in [-0.39, 0.29) is 5.41 Å². The molecule has 0 unspecified atom stereocenters. The summed E-state index contributed by atoms with van der Waals surface area (Å²) in [6.45, 7) is 5.70. The lowest BCUT2D eigenvalue weighted by Gasteiger charge is -2.24. The van der Waals surface area contributed by atoms with E-state index in [1.807, 2.05) is 48.5 Å². The molecule has 0 atom stereocenters. The van der Waals surface area contributed by atoms with Gasteiger partial charge < -0.3 is 20.2 Å². The van der Waals surface area contributed by atoms with Crippen molar-refractivity contribution in [1.82, 2.24) is 14.9 Å². The summed E-state index contributed by atoms with van der Waals surface area (Å²) in [6, 6.07) is 24.3. The Kier molecular flexibility index (Phi) is 6.26. The van der Waals surface area contributed by atoms with Crippen molar-refractivity contribution in [3.63, 3.8) is 0 Å². The molecular weight excluding hydrogens is 474 g/mol. The molecule has 0 bridgehead atoms. The molecule has 0 radical (unpaired) electrons. The minimum Gasteiger partial charge on any atom is -0.362 e. The number of nitrogens with zero attached hydrogens (tertiary/aromatic N) is 2. The van der Waals surface area contributed by atoms with Gasteiger partial charge in [-0.25, -0.2) is 0 Å². The molecule has 0 saturated heterocycles. The number of aromatic nitrogens is 2. The van der Waals surface area contributed by atoms with Crippen molar-refractivity contribution in [2.45, 2.75) is 13.8 Å². The first-order chi connectivity index (χ1) is 16.8. The van der Waals surface area contributed by atoms with Crippen LogP contribution in [0.1, 0.15) is 13.8 Å². The average molecular weight is 502 g/mol. The quantitative estimate of drug-likeness (QED) is 0.245. The first-order valence-corrected chi connectivity index (χ1v) is 12.4. The molecule has 2 aromatic heterocycles. The van der Waals surface area contributed by atoms with E-state index in [9.17, 15) is 0 Å². The van der Waals surface area contributed by atoms with Crippen LogP contribution in [-0.2, 0) is 7.05 Å². The second-order valence-corrected chi connectivity index (χ2v) is 10.5. The highest BCUT2D eigenvalue weighted by atomic mass is 35.5. The van der Waals surface area contributed by atoms with Crippen LogP contribution in [0.15, 0.2) is 77.8 Å². The zero-order chi connectivity index (χ0) is 24.6. The lowest BCUT2D eigenvalue weighted by molar-refractivity contribution is 0.375. The van der Waals surface area contributed by atoms with Crippen molar-refractivity contribution >= 4 is 67.5 Å². The first kappa shape index (κ1) is 23.4. The Labute approximate surface area is 214 Å². The summed E-state index contributed by atoms with van der Waals surface area (Å²) in [7, 11) is 2.08. The third kappa shape index (κ3) is 4.77. The van der Waals surface area contributed by atoms with Gasteiger partial charge in [-0.3, -0.25) is 4.99 Å². The number of hydrogen-bond donors (Lipinski definition) is 3. The summed E-state index contributed by atoms with van der Waals surface area (Å²) in [5, 5.41) is 12.2. The topological polar surface area (TPSA) is 57.1 Å². The molecule has 0 spiro atoms. The van der Waals surface area contributed by atoms with Crippen molar-refractivity contribution in [3.05, 3.63) is 83.2 Å². The molecule has 0 fully saturated rings. The van der Waals surface area contributed by atoms with Crippen LogP contribution < -0.4 is 16.0 Å². The molecular formula is C28H28ClN5S. The molecule has 0 aliphatic carbocycles. The smallest absolute Gasteiger partial charge is 0.170 e. The molecule has 0 aliphatic rings. The number of pyridine rings is 1. The lowest BCUT2D eigenvalue weighted by Crippen LogP contribution is -2.38. The molecule has 5 aromatic rings. The molecule has 178 valence electrons. The van der Waals surface area contributed by atoms with E-state index in [4.69, 9.17) is 28.8 Å². The normalized spacial score (nSPS) is 12.5.